The van der Waals surface area contributed by atoms with Crippen LogP contribution in [0.5, 0.6) is 0 Å². The lowest BCUT2D eigenvalue weighted by Gasteiger charge is -2.21. The zero-order valence-electron chi connectivity index (χ0n) is 17.5. The van der Waals surface area contributed by atoms with Gasteiger partial charge in [-0.15, -0.1) is 0 Å². The first kappa shape index (κ1) is 23.7. The van der Waals surface area contributed by atoms with Crippen molar-refractivity contribution in [3.05, 3.63) is 68.5 Å². The number of carbonyl (C=O) groups excluding carboxylic acids is 3. The summed E-state index contributed by atoms with van der Waals surface area (Å²) in [5.41, 5.74) is -1.36. The third kappa shape index (κ3) is 5.98. The third-order valence-corrected chi connectivity index (χ3v) is 4.37. The van der Waals surface area contributed by atoms with Crippen LogP contribution in [0.15, 0.2) is 46.1 Å². The highest BCUT2D eigenvalue weighted by molar-refractivity contribution is 5.95. The van der Waals surface area contributed by atoms with Crippen LogP contribution in [0.3, 0.4) is 0 Å². The van der Waals surface area contributed by atoms with Crippen molar-refractivity contribution in [3.8, 4) is 0 Å². The van der Waals surface area contributed by atoms with Crippen LogP contribution >= 0.6 is 0 Å². The van der Waals surface area contributed by atoms with Gasteiger partial charge in [0, 0.05) is 17.3 Å². The van der Waals surface area contributed by atoms with Crippen molar-refractivity contribution in [2.75, 3.05) is 13.2 Å². The lowest BCUT2D eigenvalue weighted by atomic mass is 10.2. The predicted molar refractivity (Wildman–Crippen MR) is 111 cm³/mol. The van der Waals surface area contributed by atoms with E-state index in [2.05, 4.69) is 5.32 Å². The Morgan fingerprint density at radius 2 is 1.77 bits per heavy atom. The Morgan fingerprint density at radius 1 is 1.13 bits per heavy atom. The minimum Gasteiger partial charge on any atom is -0.463 e. The molecular formula is C21H25N3O7. The average Bonchev–Trinajstić information content (AvgIpc) is 2.75. The maximum Gasteiger partial charge on any atom is 0.338 e. The van der Waals surface area contributed by atoms with Gasteiger partial charge in [0.2, 0.25) is 5.91 Å². The average molecular weight is 431 g/mol. The van der Waals surface area contributed by atoms with E-state index in [0.29, 0.717) is 4.57 Å². The molecule has 166 valence electrons. The third-order valence-electron chi connectivity index (χ3n) is 4.37. The van der Waals surface area contributed by atoms with Crippen molar-refractivity contribution in [2.24, 2.45) is 5.92 Å². The number of esters is 1. The molecule has 0 aliphatic rings. The van der Waals surface area contributed by atoms with Crippen molar-refractivity contribution in [1.82, 2.24) is 14.5 Å². The van der Waals surface area contributed by atoms with E-state index >= 15 is 0 Å². The number of nitrogens with zero attached hydrogens (tertiary/aromatic N) is 2. The van der Waals surface area contributed by atoms with Crippen LogP contribution in [-0.2, 0) is 20.9 Å². The molecule has 2 N–H and O–H groups in total. The molecule has 1 aromatic carbocycles. The number of hydrogen-bond acceptors (Lipinski definition) is 7. The molecule has 0 fully saturated rings. The second-order valence-electron chi connectivity index (χ2n) is 7.27. The van der Waals surface area contributed by atoms with Crippen LogP contribution < -0.4 is 16.6 Å². The molecular weight excluding hydrogens is 406 g/mol. The van der Waals surface area contributed by atoms with Gasteiger partial charge in [0.05, 0.1) is 18.5 Å². The van der Waals surface area contributed by atoms with Gasteiger partial charge in [0.15, 0.2) is 0 Å². The SMILES string of the molecule is Cc1cn(C[C@H](COC(=O)C(C)C)NC(=O)CO)c(=O)n(C(=O)c2ccccc2)c1=O. The van der Waals surface area contributed by atoms with Crippen LogP contribution in [0.2, 0.25) is 0 Å². The number of aliphatic hydroxyl groups is 1. The lowest BCUT2D eigenvalue weighted by molar-refractivity contribution is -0.148. The van der Waals surface area contributed by atoms with E-state index in [9.17, 15) is 24.0 Å². The molecule has 0 aliphatic carbocycles. The van der Waals surface area contributed by atoms with Crippen LogP contribution in [-0.4, -0.2) is 51.3 Å². The zero-order valence-corrected chi connectivity index (χ0v) is 17.5. The molecule has 0 radical (unpaired) electrons. The van der Waals surface area contributed by atoms with E-state index < -0.39 is 47.6 Å². The summed E-state index contributed by atoms with van der Waals surface area (Å²) < 4.78 is 6.75. The fourth-order valence-corrected chi connectivity index (χ4v) is 2.76. The number of nitrogens with one attached hydrogen (secondary N) is 1. The molecule has 31 heavy (non-hydrogen) atoms. The minimum atomic E-state index is -0.900. The molecule has 10 heteroatoms. The van der Waals surface area contributed by atoms with Crippen molar-refractivity contribution in [2.45, 2.75) is 33.4 Å². The van der Waals surface area contributed by atoms with E-state index in [1.165, 1.54) is 25.3 Å². The summed E-state index contributed by atoms with van der Waals surface area (Å²) in [6, 6.07) is 7.00. The number of ether oxygens (including phenoxy) is 1. The quantitative estimate of drug-likeness (QED) is 0.547. The van der Waals surface area contributed by atoms with Gasteiger partial charge in [-0.1, -0.05) is 32.0 Å². The fraction of sp³-hybridized carbons (Fsp3) is 0.381. The first-order valence-electron chi connectivity index (χ1n) is 9.65. The maximum absolute atomic E-state index is 12.9. The van der Waals surface area contributed by atoms with Crippen molar-refractivity contribution in [1.29, 1.82) is 0 Å². The Balaban J connectivity index is 2.40. The number of aliphatic hydroxyl groups excluding tert-OH is 1. The van der Waals surface area contributed by atoms with Crippen LogP contribution in [0, 0.1) is 12.8 Å². The molecule has 1 amide bonds. The van der Waals surface area contributed by atoms with E-state index in [1.807, 2.05) is 0 Å². The molecule has 2 aromatic rings. The summed E-state index contributed by atoms with van der Waals surface area (Å²) in [5.74, 6) is -2.42. The van der Waals surface area contributed by atoms with E-state index in [4.69, 9.17) is 9.84 Å². The summed E-state index contributed by atoms with van der Waals surface area (Å²) in [6.07, 6.45) is 1.27. The molecule has 0 saturated heterocycles. The van der Waals surface area contributed by atoms with Gasteiger partial charge in [-0.05, 0) is 19.1 Å². The summed E-state index contributed by atoms with van der Waals surface area (Å²) in [7, 11) is 0. The van der Waals surface area contributed by atoms with Gasteiger partial charge in [-0.25, -0.2) is 4.79 Å². The monoisotopic (exact) mass is 431 g/mol. The zero-order chi connectivity index (χ0) is 23.1. The Labute approximate surface area is 178 Å². The molecule has 0 spiro atoms. The van der Waals surface area contributed by atoms with Crippen LogP contribution in [0.1, 0.15) is 29.8 Å². The number of benzene rings is 1. The van der Waals surface area contributed by atoms with Crippen molar-refractivity contribution < 1.29 is 24.2 Å². The fourth-order valence-electron chi connectivity index (χ4n) is 2.76. The molecule has 0 bridgehead atoms. The second-order valence-corrected chi connectivity index (χ2v) is 7.27. The molecule has 1 atom stereocenters. The van der Waals surface area contributed by atoms with Crippen LogP contribution in [0.25, 0.3) is 0 Å². The van der Waals surface area contributed by atoms with E-state index in [0.717, 1.165) is 4.57 Å². The topological polar surface area (TPSA) is 137 Å². The molecule has 1 heterocycles. The van der Waals surface area contributed by atoms with Gasteiger partial charge < -0.3 is 15.2 Å². The number of carbonyl (C=O) groups is 3. The van der Waals surface area contributed by atoms with E-state index in [-0.39, 0.29) is 24.3 Å². The van der Waals surface area contributed by atoms with Crippen LogP contribution in [0.4, 0.5) is 0 Å². The lowest BCUT2D eigenvalue weighted by Crippen LogP contribution is -2.49. The van der Waals surface area contributed by atoms with Gasteiger partial charge in [0.25, 0.3) is 11.5 Å². The first-order valence-corrected chi connectivity index (χ1v) is 9.65. The van der Waals surface area contributed by atoms with Crippen molar-refractivity contribution in [3.63, 3.8) is 0 Å². The summed E-state index contributed by atoms with van der Waals surface area (Å²) in [5, 5.41) is 11.5. The molecule has 0 aliphatic heterocycles. The van der Waals surface area contributed by atoms with Gasteiger partial charge >= 0.3 is 11.7 Å². The Bertz CT molecular complexity index is 1070. The van der Waals surface area contributed by atoms with E-state index in [1.54, 1.807) is 32.0 Å². The smallest absolute Gasteiger partial charge is 0.338 e. The number of amides is 1. The highest BCUT2D eigenvalue weighted by atomic mass is 16.5. The number of aromatic nitrogens is 2. The standard InChI is InChI=1S/C21H25N3O7/c1-13(2)20(29)31-12-16(22-17(26)11-25)10-23-9-14(3)18(27)24(21(23)30)19(28)15-7-5-4-6-8-15/h4-9,13,16,25H,10-12H2,1-3H3,(H,22,26)/t16-/m1/s1. The largest absolute Gasteiger partial charge is 0.463 e. The Hall–Kier alpha value is -3.53. The summed E-state index contributed by atoms with van der Waals surface area (Å²) in [6.45, 7) is 3.48. The highest BCUT2D eigenvalue weighted by Gasteiger charge is 2.21. The van der Waals surface area contributed by atoms with Gasteiger partial charge in [-0.2, -0.15) is 4.57 Å². The van der Waals surface area contributed by atoms with Gasteiger partial charge in [0.1, 0.15) is 13.2 Å². The Morgan fingerprint density at radius 3 is 2.35 bits per heavy atom. The Kier molecular flexibility index (Phi) is 8.03. The molecule has 1 aromatic heterocycles. The predicted octanol–water partition coefficient (Wildman–Crippen LogP) is -0.317. The van der Waals surface area contributed by atoms with Crippen molar-refractivity contribution >= 4 is 17.8 Å². The first-order chi connectivity index (χ1) is 14.6. The second kappa shape index (κ2) is 10.5. The number of rotatable bonds is 8. The number of hydrogen-bond donors (Lipinski definition) is 2. The highest BCUT2D eigenvalue weighted by Crippen LogP contribution is 2.02. The molecule has 2 rings (SSSR count). The maximum atomic E-state index is 12.9. The molecule has 0 saturated carbocycles. The molecule has 0 unspecified atom stereocenters. The minimum absolute atomic E-state index is 0.135. The molecule has 10 nitrogen and oxygen atoms in total. The summed E-state index contributed by atoms with van der Waals surface area (Å²) >= 11 is 0. The number of aryl methyl sites for hydroxylation is 1. The normalized spacial score (nSPS) is 11.8. The summed E-state index contributed by atoms with van der Waals surface area (Å²) in [4.78, 5) is 61.6. The van der Waals surface area contributed by atoms with Gasteiger partial charge in [-0.3, -0.25) is 23.7 Å².